The standard InChI is InChI=1S/C25H29NO2/c1-2-9-25-22(6-1)7-5-8-23(25)20-21-10-12-24(13-11-21)28-17-4-3-14-26-15-18-27-19-16-26/h1-2,5-13H,3-4,14-20H2. The Bertz CT molecular complexity index is 864. The largest absolute Gasteiger partial charge is 0.494 e. The van der Waals surface area contributed by atoms with Gasteiger partial charge >= 0.3 is 0 Å². The minimum Gasteiger partial charge on any atom is -0.494 e. The van der Waals surface area contributed by atoms with Gasteiger partial charge in [-0.05, 0) is 59.8 Å². The molecule has 28 heavy (non-hydrogen) atoms. The fourth-order valence-corrected chi connectivity index (χ4v) is 3.82. The SMILES string of the molecule is c1ccc2c(Cc3ccc(OCCCCN4CCOCC4)cc3)cccc2c1. The third kappa shape index (κ3) is 5.12. The highest BCUT2D eigenvalue weighted by Crippen LogP contribution is 2.22. The normalized spacial score (nSPS) is 15.0. The lowest BCUT2D eigenvalue weighted by atomic mass is 9.98. The van der Waals surface area contributed by atoms with Gasteiger partial charge in [0.25, 0.3) is 0 Å². The summed E-state index contributed by atoms with van der Waals surface area (Å²) in [5, 5.41) is 2.64. The van der Waals surface area contributed by atoms with Crippen molar-refractivity contribution in [1.29, 1.82) is 0 Å². The number of hydrogen-bond donors (Lipinski definition) is 0. The molecule has 0 bridgehead atoms. The number of nitrogens with zero attached hydrogens (tertiary/aromatic N) is 1. The molecule has 0 atom stereocenters. The molecule has 1 aliphatic heterocycles. The third-order valence-corrected chi connectivity index (χ3v) is 5.44. The van der Waals surface area contributed by atoms with E-state index >= 15 is 0 Å². The molecule has 1 saturated heterocycles. The van der Waals surface area contributed by atoms with Crippen LogP contribution in [0, 0.1) is 0 Å². The van der Waals surface area contributed by atoms with Crippen LogP contribution in [0.5, 0.6) is 5.75 Å². The van der Waals surface area contributed by atoms with E-state index in [1.54, 1.807) is 0 Å². The Labute approximate surface area is 167 Å². The summed E-state index contributed by atoms with van der Waals surface area (Å²) in [5.74, 6) is 0.966. The molecule has 0 unspecified atom stereocenters. The number of ether oxygens (including phenoxy) is 2. The quantitative estimate of drug-likeness (QED) is 0.522. The second-order valence-corrected chi connectivity index (χ2v) is 7.47. The second-order valence-electron chi connectivity index (χ2n) is 7.47. The first-order valence-corrected chi connectivity index (χ1v) is 10.4. The van der Waals surface area contributed by atoms with Gasteiger partial charge in [0, 0.05) is 13.1 Å². The summed E-state index contributed by atoms with van der Waals surface area (Å²) < 4.78 is 11.3. The molecule has 1 heterocycles. The molecule has 0 N–H and O–H groups in total. The molecule has 3 nitrogen and oxygen atoms in total. The molecule has 1 aliphatic rings. The minimum atomic E-state index is 0.785. The van der Waals surface area contributed by atoms with E-state index in [9.17, 15) is 0 Å². The lowest BCUT2D eigenvalue weighted by Crippen LogP contribution is -2.36. The molecule has 0 radical (unpaired) electrons. The fraction of sp³-hybridized carbons (Fsp3) is 0.360. The fourth-order valence-electron chi connectivity index (χ4n) is 3.82. The van der Waals surface area contributed by atoms with Crippen LogP contribution in [0.2, 0.25) is 0 Å². The van der Waals surface area contributed by atoms with Crippen molar-refractivity contribution in [2.45, 2.75) is 19.3 Å². The molecule has 3 aromatic carbocycles. The molecule has 3 heteroatoms. The summed E-state index contributed by atoms with van der Waals surface area (Å²) in [6, 6.07) is 23.7. The lowest BCUT2D eigenvalue weighted by Gasteiger charge is -2.26. The lowest BCUT2D eigenvalue weighted by molar-refractivity contribution is 0.0368. The third-order valence-electron chi connectivity index (χ3n) is 5.44. The van der Waals surface area contributed by atoms with Crippen LogP contribution in [-0.4, -0.2) is 44.4 Å². The Kier molecular flexibility index (Phi) is 6.59. The molecular formula is C25H29NO2. The topological polar surface area (TPSA) is 21.7 Å². The molecule has 146 valence electrons. The number of fused-ring (bicyclic) bond motifs is 1. The van der Waals surface area contributed by atoms with Crippen LogP contribution >= 0.6 is 0 Å². The van der Waals surface area contributed by atoms with E-state index in [-0.39, 0.29) is 0 Å². The van der Waals surface area contributed by atoms with E-state index < -0.39 is 0 Å². The van der Waals surface area contributed by atoms with Crippen LogP contribution in [0.3, 0.4) is 0 Å². The molecular weight excluding hydrogens is 346 g/mol. The van der Waals surface area contributed by atoms with Crippen LogP contribution < -0.4 is 4.74 Å². The van der Waals surface area contributed by atoms with Crippen molar-refractivity contribution in [3.8, 4) is 5.75 Å². The number of morpholine rings is 1. The summed E-state index contributed by atoms with van der Waals surface area (Å²) in [7, 11) is 0. The maximum atomic E-state index is 5.93. The average molecular weight is 376 g/mol. The number of hydrogen-bond acceptors (Lipinski definition) is 3. The van der Waals surface area contributed by atoms with Gasteiger partial charge in [0.15, 0.2) is 0 Å². The minimum absolute atomic E-state index is 0.785. The Morgan fingerprint density at radius 2 is 1.61 bits per heavy atom. The van der Waals surface area contributed by atoms with Gasteiger partial charge in [-0.1, -0.05) is 54.6 Å². The van der Waals surface area contributed by atoms with Crippen LogP contribution in [0.15, 0.2) is 66.7 Å². The van der Waals surface area contributed by atoms with E-state index in [2.05, 4.69) is 71.6 Å². The van der Waals surface area contributed by atoms with Gasteiger partial charge in [0.1, 0.15) is 5.75 Å². The predicted octanol–water partition coefficient (Wildman–Crippen LogP) is 4.92. The highest BCUT2D eigenvalue weighted by Gasteiger charge is 2.09. The molecule has 0 saturated carbocycles. The van der Waals surface area contributed by atoms with Crippen molar-refractivity contribution in [2.75, 3.05) is 39.5 Å². The Balaban J connectivity index is 1.24. The van der Waals surface area contributed by atoms with Crippen molar-refractivity contribution >= 4 is 10.8 Å². The predicted molar refractivity (Wildman–Crippen MR) is 115 cm³/mol. The summed E-state index contributed by atoms with van der Waals surface area (Å²) >= 11 is 0. The van der Waals surface area contributed by atoms with E-state index in [4.69, 9.17) is 9.47 Å². The van der Waals surface area contributed by atoms with Gasteiger partial charge in [-0.15, -0.1) is 0 Å². The average Bonchev–Trinajstić information content (AvgIpc) is 2.76. The van der Waals surface area contributed by atoms with Crippen molar-refractivity contribution in [3.05, 3.63) is 77.9 Å². The summed E-state index contributed by atoms with van der Waals surface area (Å²) in [6.07, 6.45) is 3.22. The van der Waals surface area contributed by atoms with Crippen molar-refractivity contribution in [1.82, 2.24) is 4.90 Å². The molecule has 3 aromatic rings. The smallest absolute Gasteiger partial charge is 0.119 e. The molecule has 0 amide bonds. The van der Waals surface area contributed by atoms with E-state index in [1.807, 2.05) is 0 Å². The van der Waals surface area contributed by atoms with E-state index in [0.717, 1.165) is 58.0 Å². The zero-order valence-electron chi connectivity index (χ0n) is 16.5. The number of rotatable bonds is 8. The van der Waals surface area contributed by atoms with Gasteiger partial charge in [-0.2, -0.15) is 0 Å². The highest BCUT2D eigenvalue weighted by molar-refractivity contribution is 5.85. The van der Waals surface area contributed by atoms with Crippen LogP contribution in [0.25, 0.3) is 10.8 Å². The van der Waals surface area contributed by atoms with Crippen molar-refractivity contribution in [2.24, 2.45) is 0 Å². The van der Waals surface area contributed by atoms with E-state index in [1.165, 1.54) is 28.3 Å². The summed E-state index contributed by atoms with van der Waals surface area (Å²) in [4.78, 5) is 2.48. The Morgan fingerprint density at radius 1 is 0.821 bits per heavy atom. The van der Waals surface area contributed by atoms with Crippen LogP contribution in [0.1, 0.15) is 24.0 Å². The van der Waals surface area contributed by atoms with Crippen LogP contribution in [-0.2, 0) is 11.2 Å². The Hall–Kier alpha value is -2.36. The zero-order chi connectivity index (χ0) is 19.0. The highest BCUT2D eigenvalue weighted by atomic mass is 16.5. The van der Waals surface area contributed by atoms with Gasteiger partial charge in [0.2, 0.25) is 0 Å². The first-order valence-electron chi connectivity index (χ1n) is 10.4. The molecule has 0 aliphatic carbocycles. The monoisotopic (exact) mass is 375 g/mol. The zero-order valence-corrected chi connectivity index (χ0v) is 16.5. The Morgan fingerprint density at radius 3 is 2.46 bits per heavy atom. The maximum Gasteiger partial charge on any atom is 0.119 e. The molecule has 0 spiro atoms. The molecule has 4 rings (SSSR count). The second kappa shape index (κ2) is 9.72. The van der Waals surface area contributed by atoms with Crippen LogP contribution in [0.4, 0.5) is 0 Å². The summed E-state index contributed by atoms with van der Waals surface area (Å²) in [5.41, 5.74) is 2.69. The maximum absolute atomic E-state index is 5.93. The summed E-state index contributed by atoms with van der Waals surface area (Å²) in [6.45, 7) is 5.82. The van der Waals surface area contributed by atoms with Crippen molar-refractivity contribution < 1.29 is 9.47 Å². The van der Waals surface area contributed by atoms with Crippen molar-refractivity contribution in [3.63, 3.8) is 0 Å². The first-order chi connectivity index (χ1) is 13.9. The van der Waals surface area contributed by atoms with Gasteiger partial charge in [-0.25, -0.2) is 0 Å². The van der Waals surface area contributed by atoms with Gasteiger partial charge in [-0.3, -0.25) is 4.90 Å². The number of unbranched alkanes of at least 4 members (excludes halogenated alkanes) is 1. The molecule has 0 aromatic heterocycles. The van der Waals surface area contributed by atoms with Gasteiger partial charge < -0.3 is 9.47 Å². The number of benzene rings is 3. The first kappa shape index (κ1) is 19.0. The molecule has 1 fully saturated rings. The van der Waals surface area contributed by atoms with Gasteiger partial charge in [0.05, 0.1) is 19.8 Å². The van der Waals surface area contributed by atoms with E-state index in [0.29, 0.717) is 0 Å².